The van der Waals surface area contributed by atoms with Gasteiger partial charge in [0.1, 0.15) is 5.58 Å². The van der Waals surface area contributed by atoms with Crippen molar-refractivity contribution in [3.8, 4) is 22.5 Å². The van der Waals surface area contributed by atoms with Gasteiger partial charge in [0.2, 0.25) is 0 Å². The van der Waals surface area contributed by atoms with Crippen molar-refractivity contribution in [1.82, 2.24) is 9.97 Å². The maximum absolute atomic E-state index is 8.85. The Balaban J connectivity index is 0.000000188. The van der Waals surface area contributed by atoms with Crippen LogP contribution in [0.3, 0.4) is 0 Å². The zero-order chi connectivity index (χ0) is 34.1. The first-order chi connectivity index (χ1) is 22.8. The molecule has 3 aromatic heterocycles. The second-order valence-corrected chi connectivity index (χ2v) is 22.8. The molecule has 0 aliphatic heterocycles. The summed E-state index contributed by atoms with van der Waals surface area (Å²) in [6.07, 6.45) is 2.09. The molecule has 0 bridgehead atoms. The molecule has 0 aliphatic carbocycles. The van der Waals surface area contributed by atoms with E-state index in [4.69, 9.17) is 8.53 Å². The summed E-state index contributed by atoms with van der Waals surface area (Å²) >= 11 is -2.30. The summed E-state index contributed by atoms with van der Waals surface area (Å²) < 4.78 is 33.1. The molecule has 4 aromatic carbocycles. The van der Waals surface area contributed by atoms with E-state index in [2.05, 4.69) is 45.4 Å². The van der Waals surface area contributed by atoms with Crippen LogP contribution in [0.15, 0.2) is 126 Å². The van der Waals surface area contributed by atoms with Gasteiger partial charge >= 0.3 is 144 Å². The van der Waals surface area contributed by atoms with Gasteiger partial charge in [0.05, 0.1) is 5.58 Å². The van der Waals surface area contributed by atoms with Gasteiger partial charge in [0.15, 0.2) is 0 Å². The van der Waals surface area contributed by atoms with E-state index < -0.39 is 25.5 Å². The largest absolute Gasteiger partial charge is 0 e. The Labute approximate surface area is 293 Å². The Hall–Kier alpha value is -3.83. The van der Waals surface area contributed by atoms with E-state index in [0.29, 0.717) is 5.56 Å². The van der Waals surface area contributed by atoms with Crippen LogP contribution in [0.25, 0.3) is 44.5 Å². The first-order valence-electron chi connectivity index (χ1n) is 16.7. The van der Waals surface area contributed by atoms with Crippen molar-refractivity contribution < 1.29 is 28.6 Å². The molecule has 3 nitrogen and oxygen atoms in total. The Kier molecular flexibility index (Phi) is 9.46. The number of para-hydroxylation sites is 1. The van der Waals surface area contributed by atoms with Gasteiger partial charge in [-0.2, -0.15) is 0 Å². The van der Waals surface area contributed by atoms with Gasteiger partial charge in [0.25, 0.3) is 0 Å². The zero-order valence-corrected chi connectivity index (χ0v) is 31.2. The SMILES string of the molecule is [2H]C(C)(C)c1ccnc(-c2[c-]ccc3c2oc2ccccc23)c1.[2H]C([2H])(c1ccccc1)c1cc(-c2[c-]cccc2)nc[c]1[Ge]([CH3])([CH3])[CH3].[Ir]. The molecule has 0 fully saturated rings. The standard InChI is InChI=1S/C21H22GeN.C20H16NO.Ir/c1-22(2,3)20-16-23-21(18-12-8-5-9-13-18)15-19(20)14-17-10-6-4-7-11-17;1-13(2)14-10-11-21-18(12-14)17-8-5-7-16-15-6-3-4-9-19(15)22-20(16)17;/h4-12,15-16H,14H2,1-3H3;3-7,9-13H,1-2H3;/q2*-1;/i14D2;13D;. The summed E-state index contributed by atoms with van der Waals surface area (Å²) in [4.78, 5) is 9.10. The van der Waals surface area contributed by atoms with Crippen molar-refractivity contribution in [2.45, 2.75) is 43.4 Å². The van der Waals surface area contributed by atoms with Gasteiger partial charge in [-0.05, 0) is 23.7 Å². The van der Waals surface area contributed by atoms with E-state index in [9.17, 15) is 0 Å². The molecule has 7 rings (SSSR count). The third-order valence-electron chi connectivity index (χ3n) is 7.68. The van der Waals surface area contributed by atoms with E-state index in [-0.39, 0.29) is 20.1 Å². The molecule has 46 heavy (non-hydrogen) atoms. The number of benzene rings is 4. The maximum Gasteiger partial charge on any atom is 0 e. The molecule has 0 amide bonds. The van der Waals surface area contributed by atoms with Crippen LogP contribution in [0.2, 0.25) is 17.3 Å². The van der Waals surface area contributed by atoms with Crippen molar-refractivity contribution in [2.24, 2.45) is 0 Å². The van der Waals surface area contributed by atoms with Gasteiger partial charge < -0.3 is 9.40 Å². The first-order valence-corrected chi connectivity index (χ1v) is 22.5. The minimum absolute atomic E-state index is 0. The van der Waals surface area contributed by atoms with E-state index in [0.717, 1.165) is 60.0 Å². The van der Waals surface area contributed by atoms with Crippen molar-refractivity contribution in [3.63, 3.8) is 0 Å². The van der Waals surface area contributed by atoms with Crippen LogP contribution in [-0.4, -0.2) is 23.2 Å². The number of aromatic nitrogens is 2. The van der Waals surface area contributed by atoms with Gasteiger partial charge in [-0.25, -0.2) is 0 Å². The van der Waals surface area contributed by atoms with Crippen LogP contribution in [0.1, 0.15) is 40.5 Å². The monoisotopic (exact) mass is 844 g/mol. The van der Waals surface area contributed by atoms with E-state index in [1.54, 1.807) is 6.20 Å². The van der Waals surface area contributed by atoms with Gasteiger partial charge in [-0.3, -0.25) is 0 Å². The predicted octanol–water partition coefficient (Wildman–Crippen LogP) is 10.3. The fraction of sp³-hybridized carbons (Fsp3) is 0.171. The van der Waals surface area contributed by atoms with E-state index in [1.807, 2.05) is 123 Å². The third-order valence-corrected chi connectivity index (χ3v) is 11.9. The van der Waals surface area contributed by atoms with Crippen LogP contribution in [-0.2, 0) is 26.5 Å². The van der Waals surface area contributed by atoms with Crippen LogP contribution in [0.4, 0.5) is 0 Å². The minimum atomic E-state index is -2.30. The van der Waals surface area contributed by atoms with Crippen LogP contribution < -0.4 is 4.40 Å². The molecular formula is C41H38GeIrN2O-2. The van der Waals surface area contributed by atoms with Gasteiger partial charge in [-0.1, -0.05) is 54.6 Å². The van der Waals surface area contributed by atoms with E-state index >= 15 is 0 Å². The maximum atomic E-state index is 8.85. The second-order valence-electron chi connectivity index (χ2n) is 12.3. The number of pyridine rings is 2. The molecule has 3 heterocycles. The zero-order valence-electron chi connectivity index (χ0n) is 29.7. The summed E-state index contributed by atoms with van der Waals surface area (Å²) in [7, 11) is 0. The Bertz CT molecular complexity index is 2190. The third kappa shape index (κ3) is 7.58. The van der Waals surface area contributed by atoms with Crippen molar-refractivity contribution in [3.05, 3.63) is 150 Å². The number of fused-ring (bicyclic) bond motifs is 3. The topological polar surface area (TPSA) is 38.9 Å². The normalized spacial score (nSPS) is 12.8. The smallest absolute Gasteiger partial charge is 0 e. The molecule has 0 spiro atoms. The molecule has 7 aromatic rings. The summed E-state index contributed by atoms with van der Waals surface area (Å²) in [6.45, 7) is 3.75. The summed E-state index contributed by atoms with van der Waals surface area (Å²) in [6, 6.07) is 41.2. The van der Waals surface area contributed by atoms with Crippen LogP contribution in [0.5, 0.6) is 0 Å². The van der Waals surface area contributed by atoms with Crippen molar-refractivity contribution in [1.29, 1.82) is 0 Å². The molecular weight excluding hydrogens is 801 g/mol. The molecule has 0 aliphatic rings. The second kappa shape index (κ2) is 14.7. The minimum Gasteiger partial charge on any atom is 0 e. The molecule has 233 valence electrons. The van der Waals surface area contributed by atoms with Crippen LogP contribution >= 0.6 is 0 Å². The fourth-order valence-corrected chi connectivity index (χ4v) is 8.22. The average molecular weight is 843 g/mol. The summed E-state index contributed by atoms with van der Waals surface area (Å²) in [5.74, 6) is 6.15. The van der Waals surface area contributed by atoms with Crippen molar-refractivity contribution in [2.75, 3.05) is 0 Å². The molecule has 0 saturated heterocycles. The molecule has 5 heteroatoms. The molecule has 1 radical (unpaired) electrons. The number of hydrogen-bond acceptors (Lipinski definition) is 3. The Morgan fingerprint density at radius 2 is 1.57 bits per heavy atom. The number of furan rings is 1. The number of rotatable bonds is 6. The first kappa shape index (κ1) is 29.6. The summed E-state index contributed by atoms with van der Waals surface area (Å²) in [5, 5.41) is 2.15. The Morgan fingerprint density at radius 3 is 2.30 bits per heavy atom. The fourth-order valence-electron chi connectivity index (χ4n) is 5.29. The number of nitrogens with zero attached hydrogens (tertiary/aromatic N) is 2. The van der Waals surface area contributed by atoms with Gasteiger partial charge in [-0.15, -0.1) is 18.2 Å². The van der Waals surface area contributed by atoms with E-state index in [1.165, 1.54) is 0 Å². The number of hydrogen-bond donors (Lipinski definition) is 0. The quantitative estimate of drug-likeness (QED) is 0.124. The van der Waals surface area contributed by atoms with Crippen molar-refractivity contribution >= 4 is 39.6 Å². The predicted molar refractivity (Wildman–Crippen MR) is 191 cm³/mol. The summed E-state index contributed by atoms with van der Waals surface area (Å²) in [5.41, 5.74) is 7.28. The molecule has 0 atom stereocenters. The van der Waals surface area contributed by atoms with Crippen LogP contribution in [0, 0.1) is 12.1 Å². The average Bonchev–Trinajstić information content (AvgIpc) is 3.47. The van der Waals surface area contributed by atoms with Gasteiger partial charge in [0, 0.05) is 33.1 Å². The molecule has 0 saturated carbocycles. The molecule has 0 unspecified atom stereocenters. The molecule has 0 N–H and O–H groups in total. The Morgan fingerprint density at radius 1 is 0.804 bits per heavy atom.